The van der Waals surface area contributed by atoms with Crippen LogP contribution in [0.4, 0.5) is 10.5 Å². The molecule has 156 valence electrons. The monoisotopic (exact) mass is 454 g/mol. The normalized spacial score (nSPS) is 15.2. The maximum Gasteiger partial charge on any atom is 0.336 e. The highest BCUT2D eigenvalue weighted by Crippen LogP contribution is 2.31. The SMILES string of the molecule is CN1CCC(N(Cc2ccccc2Cl)C(=O)NN(C)c2cccc(Cl)c2Cl)CC1. The average molecular weight is 456 g/mol. The molecule has 1 N–H and O–H groups in total. The van der Waals surface area contributed by atoms with Gasteiger partial charge in [0.25, 0.3) is 0 Å². The van der Waals surface area contributed by atoms with E-state index in [9.17, 15) is 4.79 Å². The molecule has 1 aliphatic heterocycles. The maximum atomic E-state index is 13.3. The minimum absolute atomic E-state index is 0.130. The van der Waals surface area contributed by atoms with Gasteiger partial charge >= 0.3 is 6.03 Å². The van der Waals surface area contributed by atoms with E-state index in [1.54, 1.807) is 24.2 Å². The van der Waals surface area contributed by atoms with Crippen LogP contribution in [0, 0.1) is 0 Å². The van der Waals surface area contributed by atoms with Crippen LogP contribution in [-0.4, -0.2) is 49.1 Å². The number of hydrazine groups is 1. The van der Waals surface area contributed by atoms with E-state index in [1.165, 1.54) is 0 Å². The Labute approximate surface area is 187 Å². The van der Waals surface area contributed by atoms with Crippen LogP contribution in [0.3, 0.4) is 0 Å². The van der Waals surface area contributed by atoms with Crippen LogP contribution in [-0.2, 0) is 6.54 Å². The summed E-state index contributed by atoms with van der Waals surface area (Å²) in [7, 11) is 3.85. The number of piperidine rings is 1. The molecule has 1 aliphatic rings. The van der Waals surface area contributed by atoms with Crippen molar-refractivity contribution >= 4 is 46.5 Å². The molecule has 1 fully saturated rings. The highest BCUT2D eigenvalue weighted by atomic mass is 35.5. The first-order chi connectivity index (χ1) is 13.9. The first-order valence-corrected chi connectivity index (χ1v) is 10.7. The number of nitrogens with one attached hydrogen (secondary N) is 1. The highest BCUT2D eigenvalue weighted by Gasteiger charge is 2.28. The fourth-order valence-electron chi connectivity index (χ4n) is 3.50. The Kier molecular flexibility index (Phi) is 7.52. The number of hydrogen-bond donors (Lipinski definition) is 1. The Morgan fingerprint density at radius 2 is 1.72 bits per heavy atom. The molecule has 1 saturated heterocycles. The fourth-order valence-corrected chi connectivity index (χ4v) is 4.12. The summed E-state index contributed by atoms with van der Waals surface area (Å²) in [5.41, 5.74) is 4.49. The lowest BCUT2D eigenvalue weighted by Crippen LogP contribution is -2.53. The molecule has 0 bridgehead atoms. The summed E-state index contributed by atoms with van der Waals surface area (Å²) in [5.74, 6) is 0. The van der Waals surface area contributed by atoms with Crippen molar-refractivity contribution in [2.75, 3.05) is 32.2 Å². The number of rotatable bonds is 5. The molecule has 2 amide bonds. The van der Waals surface area contributed by atoms with Gasteiger partial charge in [-0.1, -0.05) is 59.1 Å². The standard InChI is InChI=1S/C21H25Cl3N4O/c1-26-12-10-16(11-13-26)28(14-15-6-3-4-7-17(15)22)21(29)25-27(2)19-9-5-8-18(23)20(19)24/h3-9,16H,10-14H2,1-2H3,(H,25,29). The quantitative estimate of drug-likeness (QED) is 0.621. The molecule has 0 atom stereocenters. The molecular weight excluding hydrogens is 431 g/mol. The number of benzene rings is 2. The van der Waals surface area contributed by atoms with Crippen LogP contribution < -0.4 is 10.4 Å². The summed E-state index contributed by atoms with van der Waals surface area (Å²) >= 11 is 18.8. The van der Waals surface area contributed by atoms with Crippen LogP contribution in [0.25, 0.3) is 0 Å². The molecule has 0 spiro atoms. The Bertz CT molecular complexity index is 856. The van der Waals surface area contributed by atoms with Crippen LogP contribution in [0.5, 0.6) is 0 Å². The predicted molar refractivity (Wildman–Crippen MR) is 121 cm³/mol. The summed E-state index contributed by atoms with van der Waals surface area (Å²) in [6.45, 7) is 2.34. The second kappa shape index (κ2) is 9.90. The second-order valence-electron chi connectivity index (χ2n) is 7.30. The molecule has 3 rings (SSSR count). The minimum atomic E-state index is -0.196. The van der Waals surface area contributed by atoms with Gasteiger partial charge in [0, 0.05) is 24.7 Å². The summed E-state index contributed by atoms with van der Waals surface area (Å²) < 4.78 is 0. The van der Waals surface area contributed by atoms with Crippen molar-refractivity contribution in [3.05, 3.63) is 63.1 Å². The van der Waals surface area contributed by atoms with Gasteiger partial charge in [-0.15, -0.1) is 0 Å². The van der Waals surface area contributed by atoms with Crippen molar-refractivity contribution in [1.29, 1.82) is 0 Å². The van der Waals surface area contributed by atoms with Crippen LogP contribution in [0.2, 0.25) is 15.1 Å². The molecule has 0 aromatic heterocycles. The third-order valence-corrected chi connectivity index (χ3v) is 6.42. The van der Waals surface area contributed by atoms with E-state index in [2.05, 4.69) is 17.4 Å². The van der Waals surface area contributed by atoms with Gasteiger partial charge in [-0.25, -0.2) is 10.2 Å². The van der Waals surface area contributed by atoms with E-state index in [-0.39, 0.29) is 12.1 Å². The lowest BCUT2D eigenvalue weighted by atomic mass is 10.0. The van der Waals surface area contributed by atoms with Crippen molar-refractivity contribution in [2.24, 2.45) is 0 Å². The first-order valence-electron chi connectivity index (χ1n) is 9.53. The van der Waals surface area contributed by atoms with E-state index in [0.717, 1.165) is 31.5 Å². The van der Waals surface area contributed by atoms with Gasteiger partial charge in [0.2, 0.25) is 0 Å². The molecule has 8 heteroatoms. The predicted octanol–water partition coefficient (Wildman–Crippen LogP) is 5.30. The van der Waals surface area contributed by atoms with Crippen LogP contribution in [0.1, 0.15) is 18.4 Å². The third kappa shape index (κ3) is 5.48. The number of anilines is 1. The zero-order chi connectivity index (χ0) is 21.0. The van der Waals surface area contributed by atoms with Gasteiger partial charge in [-0.2, -0.15) is 0 Å². The first kappa shape index (κ1) is 22.0. The maximum absolute atomic E-state index is 13.3. The molecule has 0 radical (unpaired) electrons. The fraction of sp³-hybridized carbons (Fsp3) is 0.381. The molecule has 0 saturated carbocycles. The molecule has 0 aliphatic carbocycles. The summed E-state index contributed by atoms with van der Waals surface area (Å²) in [6.07, 6.45) is 1.83. The summed E-state index contributed by atoms with van der Waals surface area (Å²) in [5, 5.41) is 3.09. The van der Waals surface area contributed by atoms with E-state index in [0.29, 0.717) is 27.3 Å². The van der Waals surface area contributed by atoms with E-state index in [1.807, 2.05) is 35.2 Å². The third-order valence-electron chi connectivity index (χ3n) is 5.24. The van der Waals surface area contributed by atoms with Crippen molar-refractivity contribution in [3.63, 3.8) is 0 Å². The molecule has 2 aromatic carbocycles. The lowest BCUT2D eigenvalue weighted by Gasteiger charge is -2.38. The number of hydrogen-bond acceptors (Lipinski definition) is 3. The van der Waals surface area contributed by atoms with Gasteiger partial charge in [0.05, 0.1) is 15.7 Å². The molecule has 0 unspecified atom stereocenters. The van der Waals surface area contributed by atoms with Crippen molar-refractivity contribution in [3.8, 4) is 0 Å². The number of amides is 2. The molecule has 2 aromatic rings. The van der Waals surface area contributed by atoms with Gasteiger partial charge in [-0.05, 0) is 56.7 Å². The lowest BCUT2D eigenvalue weighted by molar-refractivity contribution is 0.127. The van der Waals surface area contributed by atoms with Gasteiger partial charge in [-0.3, -0.25) is 5.01 Å². The molecule has 29 heavy (non-hydrogen) atoms. The summed E-state index contributed by atoms with van der Waals surface area (Å²) in [6, 6.07) is 12.9. The van der Waals surface area contributed by atoms with Crippen molar-refractivity contribution < 1.29 is 4.79 Å². The number of likely N-dealkylation sites (tertiary alicyclic amines) is 1. The molecule has 1 heterocycles. The van der Waals surface area contributed by atoms with Gasteiger partial charge < -0.3 is 9.80 Å². The number of urea groups is 1. The number of halogens is 3. The van der Waals surface area contributed by atoms with E-state index in [4.69, 9.17) is 34.8 Å². The average Bonchev–Trinajstić information content (AvgIpc) is 2.70. The molecule has 5 nitrogen and oxygen atoms in total. The topological polar surface area (TPSA) is 38.8 Å². The van der Waals surface area contributed by atoms with E-state index < -0.39 is 0 Å². The Morgan fingerprint density at radius 3 is 2.41 bits per heavy atom. The smallest absolute Gasteiger partial charge is 0.316 e. The minimum Gasteiger partial charge on any atom is -0.316 e. The zero-order valence-electron chi connectivity index (χ0n) is 16.5. The zero-order valence-corrected chi connectivity index (χ0v) is 18.8. The summed E-state index contributed by atoms with van der Waals surface area (Å²) in [4.78, 5) is 17.4. The van der Waals surface area contributed by atoms with Crippen molar-refractivity contribution in [2.45, 2.75) is 25.4 Å². The van der Waals surface area contributed by atoms with E-state index >= 15 is 0 Å². The number of carbonyl (C=O) groups excluding carboxylic acids is 1. The van der Waals surface area contributed by atoms with Gasteiger partial charge in [0.1, 0.15) is 0 Å². The highest BCUT2D eigenvalue weighted by molar-refractivity contribution is 6.43. The Hall–Kier alpha value is -1.66. The van der Waals surface area contributed by atoms with Crippen LogP contribution in [0.15, 0.2) is 42.5 Å². The number of nitrogens with zero attached hydrogens (tertiary/aromatic N) is 3. The number of carbonyl (C=O) groups is 1. The second-order valence-corrected chi connectivity index (χ2v) is 8.50. The van der Waals surface area contributed by atoms with Gasteiger partial charge in [0.15, 0.2) is 0 Å². The van der Waals surface area contributed by atoms with Crippen molar-refractivity contribution in [1.82, 2.24) is 15.2 Å². The largest absolute Gasteiger partial charge is 0.336 e. The Morgan fingerprint density at radius 1 is 1.07 bits per heavy atom. The van der Waals surface area contributed by atoms with Crippen LogP contribution >= 0.6 is 34.8 Å². The molecular formula is C21H25Cl3N4O. The Balaban J connectivity index is 1.79.